The van der Waals surface area contributed by atoms with E-state index in [0.29, 0.717) is 12.3 Å². The fourth-order valence-electron chi connectivity index (χ4n) is 2.15. The van der Waals surface area contributed by atoms with Gasteiger partial charge >= 0.3 is 0 Å². The van der Waals surface area contributed by atoms with Crippen molar-refractivity contribution < 1.29 is 9.84 Å². The summed E-state index contributed by atoms with van der Waals surface area (Å²) in [5.41, 5.74) is 4.33. The molecule has 19 heavy (non-hydrogen) atoms. The highest BCUT2D eigenvalue weighted by atomic mass is 16.5. The number of aromatic hydroxyl groups is 1. The Morgan fingerprint density at radius 1 is 1.05 bits per heavy atom. The van der Waals surface area contributed by atoms with Crippen molar-refractivity contribution in [3.63, 3.8) is 0 Å². The van der Waals surface area contributed by atoms with Crippen LogP contribution in [0.4, 0.5) is 5.69 Å². The Balaban J connectivity index is 2.19. The molecule has 0 aliphatic carbocycles. The number of methoxy groups -OCH3 is 1. The molecule has 0 bridgehead atoms. The van der Waals surface area contributed by atoms with Crippen LogP contribution < -0.4 is 10.1 Å². The number of benzene rings is 2. The third-order valence-electron chi connectivity index (χ3n) is 3.24. The average molecular weight is 257 g/mol. The summed E-state index contributed by atoms with van der Waals surface area (Å²) < 4.78 is 5.11. The first kappa shape index (κ1) is 13.3. The van der Waals surface area contributed by atoms with E-state index in [1.807, 2.05) is 18.2 Å². The largest absolute Gasteiger partial charge is 0.504 e. The second-order valence-corrected chi connectivity index (χ2v) is 4.59. The maximum atomic E-state index is 10.0. The van der Waals surface area contributed by atoms with Crippen molar-refractivity contribution in [1.82, 2.24) is 0 Å². The highest BCUT2D eigenvalue weighted by Gasteiger charge is 2.08. The van der Waals surface area contributed by atoms with Gasteiger partial charge in [0.2, 0.25) is 0 Å². The van der Waals surface area contributed by atoms with Crippen LogP contribution in [-0.4, -0.2) is 12.2 Å². The van der Waals surface area contributed by atoms with Gasteiger partial charge in [0.1, 0.15) is 0 Å². The van der Waals surface area contributed by atoms with Crippen molar-refractivity contribution in [3.05, 3.63) is 53.1 Å². The van der Waals surface area contributed by atoms with Gasteiger partial charge in [-0.25, -0.2) is 0 Å². The Hall–Kier alpha value is -2.16. The van der Waals surface area contributed by atoms with Crippen LogP contribution in [0.15, 0.2) is 36.4 Å². The molecule has 100 valence electrons. The number of hydrogen-bond donors (Lipinski definition) is 2. The number of ether oxygens (including phenoxy) is 1. The number of anilines is 1. The molecule has 0 saturated heterocycles. The van der Waals surface area contributed by atoms with Gasteiger partial charge < -0.3 is 15.2 Å². The SMILES string of the molecule is COc1cccc(CNc2c(C)cccc2C)c1O. The summed E-state index contributed by atoms with van der Waals surface area (Å²) >= 11 is 0. The number of rotatable bonds is 4. The molecule has 0 unspecified atom stereocenters. The minimum absolute atomic E-state index is 0.198. The van der Waals surface area contributed by atoms with Crippen LogP contribution in [0.1, 0.15) is 16.7 Å². The fourth-order valence-corrected chi connectivity index (χ4v) is 2.15. The smallest absolute Gasteiger partial charge is 0.162 e. The summed E-state index contributed by atoms with van der Waals surface area (Å²) in [6, 6.07) is 11.7. The van der Waals surface area contributed by atoms with Crippen molar-refractivity contribution in [3.8, 4) is 11.5 Å². The molecule has 0 saturated carbocycles. The Kier molecular flexibility index (Phi) is 3.95. The van der Waals surface area contributed by atoms with Gasteiger partial charge in [-0.3, -0.25) is 0 Å². The van der Waals surface area contributed by atoms with Crippen molar-refractivity contribution in [1.29, 1.82) is 0 Å². The van der Waals surface area contributed by atoms with Crippen LogP contribution in [0.3, 0.4) is 0 Å². The molecule has 2 N–H and O–H groups in total. The fraction of sp³-hybridized carbons (Fsp3) is 0.250. The predicted octanol–water partition coefficient (Wildman–Crippen LogP) is 3.63. The second kappa shape index (κ2) is 5.65. The van der Waals surface area contributed by atoms with Gasteiger partial charge in [0, 0.05) is 17.8 Å². The van der Waals surface area contributed by atoms with E-state index < -0.39 is 0 Å². The van der Waals surface area contributed by atoms with Crippen LogP contribution in [0.5, 0.6) is 11.5 Å². The summed E-state index contributed by atoms with van der Waals surface area (Å²) in [4.78, 5) is 0. The molecule has 2 aromatic rings. The third-order valence-corrected chi connectivity index (χ3v) is 3.24. The van der Waals surface area contributed by atoms with Crippen LogP contribution >= 0.6 is 0 Å². The molecular weight excluding hydrogens is 238 g/mol. The van der Waals surface area contributed by atoms with Gasteiger partial charge in [-0.15, -0.1) is 0 Å². The highest BCUT2D eigenvalue weighted by Crippen LogP contribution is 2.30. The molecule has 0 heterocycles. The second-order valence-electron chi connectivity index (χ2n) is 4.59. The van der Waals surface area contributed by atoms with E-state index in [0.717, 1.165) is 11.3 Å². The van der Waals surface area contributed by atoms with Gasteiger partial charge in [-0.1, -0.05) is 30.3 Å². The lowest BCUT2D eigenvalue weighted by atomic mass is 10.1. The van der Waals surface area contributed by atoms with E-state index in [1.165, 1.54) is 11.1 Å². The number of phenols is 1. The normalized spacial score (nSPS) is 10.3. The topological polar surface area (TPSA) is 41.5 Å². The average Bonchev–Trinajstić information content (AvgIpc) is 2.40. The van der Waals surface area contributed by atoms with Crippen LogP contribution in [0.25, 0.3) is 0 Å². The lowest BCUT2D eigenvalue weighted by Gasteiger charge is -2.14. The Bertz CT molecular complexity index is 559. The summed E-state index contributed by atoms with van der Waals surface area (Å²) in [7, 11) is 1.55. The van der Waals surface area contributed by atoms with Crippen molar-refractivity contribution >= 4 is 5.69 Å². The maximum absolute atomic E-state index is 10.0. The Morgan fingerprint density at radius 2 is 1.68 bits per heavy atom. The molecule has 3 nitrogen and oxygen atoms in total. The molecule has 2 aromatic carbocycles. The van der Waals surface area contributed by atoms with Crippen molar-refractivity contribution in [2.24, 2.45) is 0 Å². The molecule has 0 spiro atoms. The van der Waals surface area contributed by atoms with E-state index in [4.69, 9.17) is 4.74 Å². The molecular formula is C16H19NO2. The first-order chi connectivity index (χ1) is 9.13. The minimum atomic E-state index is 0.198. The van der Waals surface area contributed by atoms with Crippen LogP contribution in [-0.2, 0) is 6.54 Å². The molecule has 2 rings (SSSR count). The standard InChI is InChI=1S/C16H19NO2/c1-11-6-4-7-12(2)15(11)17-10-13-8-5-9-14(19-3)16(13)18/h4-9,17-18H,10H2,1-3H3. The van der Waals surface area contributed by atoms with Gasteiger partial charge in [-0.05, 0) is 31.0 Å². The van der Waals surface area contributed by atoms with Gasteiger partial charge in [0.05, 0.1) is 7.11 Å². The first-order valence-electron chi connectivity index (χ1n) is 6.28. The zero-order valence-corrected chi connectivity index (χ0v) is 11.5. The first-order valence-corrected chi connectivity index (χ1v) is 6.28. The number of hydrogen-bond acceptors (Lipinski definition) is 3. The summed E-state index contributed by atoms with van der Waals surface area (Å²) in [5, 5.41) is 13.4. The van der Waals surface area contributed by atoms with E-state index in [-0.39, 0.29) is 5.75 Å². The zero-order chi connectivity index (χ0) is 13.8. The quantitative estimate of drug-likeness (QED) is 0.878. The lowest BCUT2D eigenvalue weighted by Crippen LogP contribution is -2.03. The van der Waals surface area contributed by atoms with Crippen molar-refractivity contribution in [2.45, 2.75) is 20.4 Å². The predicted molar refractivity (Wildman–Crippen MR) is 77.9 cm³/mol. The molecule has 0 radical (unpaired) electrons. The molecule has 0 aliphatic rings. The van der Waals surface area contributed by atoms with E-state index >= 15 is 0 Å². The molecule has 3 heteroatoms. The van der Waals surface area contributed by atoms with Crippen LogP contribution in [0.2, 0.25) is 0 Å². The summed E-state index contributed by atoms with van der Waals surface area (Å²) in [6.07, 6.45) is 0. The minimum Gasteiger partial charge on any atom is -0.504 e. The number of para-hydroxylation sites is 2. The monoisotopic (exact) mass is 257 g/mol. The molecule has 0 amide bonds. The molecule has 0 atom stereocenters. The van der Waals surface area contributed by atoms with Crippen molar-refractivity contribution in [2.75, 3.05) is 12.4 Å². The summed E-state index contributed by atoms with van der Waals surface area (Å²) in [6.45, 7) is 4.70. The Labute approximate surface area is 113 Å². The van der Waals surface area contributed by atoms with E-state index in [1.54, 1.807) is 13.2 Å². The van der Waals surface area contributed by atoms with Gasteiger partial charge in [0.15, 0.2) is 11.5 Å². The van der Waals surface area contributed by atoms with Gasteiger partial charge in [0.25, 0.3) is 0 Å². The number of nitrogens with one attached hydrogen (secondary N) is 1. The lowest BCUT2D eigenvalue weighted by molar-refractivity contribution is 0.371. The zero-order valence-electron chi connectivity index (χ0n) is 11.5. The van der Waals surface area contributed by atoms with Crippen LogP contribution in [0, 0.1) is 13.8 Å². The highest BCUT2D eigenvalue weighted by molar-refractivity contribution is 5.57. The molecule has 0 aromatic heterocycles. The Morgan fingerprint density at radius 3 is 2.32 bits per heavy atom. The number of aryl methyl sites for hydroxylation is 2. The number of phenolic OH excluding ortho intramolecular Hbond substituents is 1. The summed E-state index contributed by atoms with van der Waals surface area (Å²) in [5.74, 6) is 0.699. The van der Waals surface area contributed by atoms with E-state index in [2.05, 4.69) is 31.3 Å². The third kappa shape index (κ3) is 2.81. The maximum Gasteiger partial charge on any atom is 0.162 e. The van der Waals surface area contributed by atoms with Gasteiger partial charge in [-0.2, -0.15) is 0 Å². The van der Waals surface area contributed by atoms with E-state index in [9.17, 15) is 5.11 Å². The molecule has 0 aliphatic heterocycles. The molecule has 0 fully saturated rings.